The van der Waals surface area contributed by atoms with Gasteiger partial charge in [-0.15, -0.1) is 0 Å². The van der Waals surface area contributed by atoms with Gasteiger partial charge >= 0.3 is 0 Å². The second kappa shape index (κ2) is 10.1. The average Bonchev–Trinajstić information content (AvgIpc) is 3.41. The van der Waals surface area contributed by atoms with Gasteiger partial charge < -0.3 is 9.80 Å². The summed E-state index contributed by atoms with van der Waals surface area (Å²) in [7, 11) is 0. The van der Waals surface area contributed by atoms with Crippen molar-refractivity contribution in [2.75, 3.05) is 31.1 Å². The molecule has 0 N–H and O–H groups in total. The first kappa shape index (κ1) is 30.4. The van der Waals surface area contributed by atoms with Crippen molar-refractivity contribution in [2.24, 2.45) is 56.7 Å². The predicted octanol–water partition coefficient (Wildman–Crippen LogP) is 7.35. The number of allylic oxidation sites excluding steroid dienone is 1. The number of amides is 1. The zero-order chi connectivity index (χ0) is 31.3. The van der Waals surface area contributed by atoms with E-state index in [0.717, 1.165) is 70.7 Å². The van der Waals surface area contributed by atoms with Crippen LogP contribution in [0.15, 0.2) is 30.6 Å². The lowest BCUT2D eigenvalue weighted by molar-refractivity contribution is -0.234. The molecule has 0 bridgehead atoms. The minimum absolute atomic E-state index is 0.200. The highest BCUT2D eigenvalue weighted by molar-refractivity contribution is 5.86. The molecule has 1 aromatic heterocycles. The van der Waals surface area contributed by atoms with E-state index in [-0.39, 0.29) is 27.1 Å². The number of rotatable bonds is 3. The lowest BCUT2D eigenvalue weighted by Crippen LogP contribution is -2.67. The number of aromatic nitrogens is 2. The molecule has 5 saturated carbocycles. The molecule has 6 nitrogen and oxygen atoms in total. The Balaban J connectivity index is 1.19. The van der Waals surface area contributed by atoms with E-state index in [0.29, 0.717) is 41.3 Å². The highest BCUT2D eigenvalue weighted by atomic mass is 16.2. The van der Waals surface area contributed by atoms with Crippen molar-refractivity contribution in [1.29, 1.82) is 0 Å². The standard InChI is InChI=1S/C38H56N4O2/c1-25(2)26-11-16-38(32(44)41-21-23-42(24-22-41)33-39-19-8-20-40-33)18-17-36(6)27(31(26)38)9-10-29-35(5)14-13-30(43)34(3,4)28(35)12-15-37(29,36)7/h8,19-20,26-29,31H,1,9-18,21-24H2,2-7H3/t26-,27?,28?,29+,31+,35-,36+,37+,38-/m0/s1. The van der Waals surface area contributed by atoms with Crippen molar-refractivity contribution < 1.29 is 9.59 Å². The summed E-state index contributed by atoms with van der Waals surface area (Å²) in [6.45, 7) is 22.2. The van der Waals surface area contributed by atoms with Crippen LogP contribution in [-0.4, -0.2) is 52.7 Å². The lowest BCUT2D eigenvalue weighted by atomic mass is 9.32. The zero-order valence-corrected chi connectivity index (χ0v) is 28.3. The van der Waals surface area contributed by atoms with Gasteiger partial charge in [-0.1, -0.05) is 46.8 Å². The van der Waals surface area contributed by atoms with Crippen molar-refractivity contribution in [3.05, 3.63) is 30.6 Å². The topological polar surface area (TPSA) is 66.4 Å². The van der Waals surface area contributed by atoms with Crippen molar-refractivity contribution in [1.82, 2.24) is 14.9 Å². The molecule has 0 aromatic carbocycles. The summed E-state index contributed by atoms with van der Waals surface area (Å²) in [4.78, 5) is 41.4. The van der Waals surface area contributed by atoms with Crippen LogP contribution in [0.1, 0.15) is 106 Å². The van der Waals surface area contributed by atoms with Crippen LogP contribution >= 0.6 is 0 Å². The summed E-state index contributed by atoms with van der Waals surface area (Å²) >= 11 is 0. The molecule has 1 aliphatic heterocycles. The van der Waals surface area contributed by atoms with Crippen LogP contribution in [0, 0.1) is 56.7 Å². The molecule has 240 valence electrons. The van der Waals surface area contributed by atoms with Crippen molar-refractivity contribution in [3.8, 4) is 0 Å². The second-order valence-electron chi connectivity index (χ2n) is 17.3. The first-order valence-corrected chi connectivity index (χ1v) is 17.8. The largest absolute Gasteiger partial charge is 0.339 e. The van der Waals surface area contributed by atoms with Gasteiger partial charge in [0.1, 0.15) is 5.78 Å². The number of hydrogen-bond donors (Lipinski definition) is 0. The Morgan fingerprint density at radius 1 is 0.841 bits per heavy atom. The molecule has 5 aliphatic carbocycles. The number of carbonyl (C=O) groups is 2. The Hall–Kier alpha value is -2.24. The average molecular weight is 601 g/mol. The quantitative estimate of drug-likeness (QED) is 0.340. The highest BCUT2D eigenvalue weighted by Gasteiger charge is 2.72. The van der Waals surface area contributed by atoms with Crippen LogP contribution in [0.3, 0.4) is 0 Å². The van der Waals surface area contributed by atoms with Crippen LogP contribution in [0.5, 0.6) is 0 Å². The molecule has 9 atom stereocenters. The van der Waals surface area contributed by atoms with E-state index in [9.17, 15) is 9.59 Å². The zero-order valence-electron chi connectivity index (χ0n) is 28.3. The normalized spacial score (nSPS) is 44.7. The maximum absolute atomic E-state index is 14.9. The van der Waals surface area contributed by atoms with E-state index in [2.05, 4.69) is 67.9 Å². The number of fused-ring (bicyclic) bond motifs is 7. The minimum atomic E-state index is -0.261. The number of Topliss-reactive ketones (excluding diaryl/α,β-unsaturated/α-hetero) is 1. The fraction of sp³-hybridized carbons (Fsp3) is 0.789. The molecule has 6 heteroatoms. The monoisotopic (exact) mass is 600 g/mol. The molecule has 0 radical (unpaired) electrons. The second-order valence-corrected chi connectivity index (χ2v) is 17.3. The smallest absolute Gasteiger partial charge is 0.229 e. The highest BCUT2D eigenvalue weighted by Crippen LogP contribution is 2.77. The third-order valence-corrected chi connectivity index (χ3v) is 15.6. The van der Waals surface area contributed by atoms with Crippen LogP contribution < -0.4 is 4.90 Å². The fourth-order valence-corrected chi connectivity index (χ4v) is 13.2. The Morgan fingerprint density at radius 2 is 1.55 bits per heavy atom. The van der Waals surface area contributed by atoms with Gasteiger partial charge in [0.15, 0.2) is 0 Å². The fourth-order valence-electron chi connectivity index (χ4n) is 13.2. The van der Waals surface area contributed by atoms with Gasteiger partial charge in [-0.25, -0.2) is 9.97 Å². The van der Waals surface area contributed by atoms with Gasteiger partial charge in [0.25, 0.3) is 0 Å². The first-order valence-electron chi connectivity index (χ1n) is 17.8. The summed E-state index contributed by atoms with van der Waals surface area (Å²) in [6, 6.07) is 1.86. The summed E-state index contributed by atoms with van der Waals surface area (Å²) in [5, 5.41) is 0. The maximum atomic E-state index is 14.9. The van der Waals surface area contributed by atoms with Gasteiger partial charge in [-0.2, -0.15) is 0 Å². The Kier molecular flexibility index (Phi) is 7.00. The van der Waals surface area contributed by atoms with Gasteiger partial charge in [-0.3, -0.25) is 9.59 Å². The molecule has 6 aliphatic rings. The van der Waals surface area contributed by atoms with Crippen LogP contribution in [0.25, 0.3) is 0 Å². The minimum Gasteiger partial charge on any atom is -0.339 e. The summed E-state index contributed by atoms with van der Waals surface area (Å²) in [5.41, 5.74) is 1.46. The van der Waals surface area contributed by atoms with Crippen molar-refractivity contribution >= 4 is 17.6 Å². The molecule has 44 heavy (non-hydrogen) atoms. The number of piperazine rings is 1. The molecule has 2 unspecified atom stereocenters. The number of hydrogen-bond acceptors (Lipinski definition) is 5. The maximum Gasteiger partial charge on any atom is 0.229 e. The molecule has 1 aromatic rings. The van der Waals surface area contributed by atoms with Crippen molar-refractivity contribution in [2.45, 2.75) is 106 Å². The summed E-state index contributed by atoms with van der Waals surface area (Å²) in [6.07, 6.45) is 14.5. The van der Waals surface area contributed by atoms with Gasteiger partial charge in [-0.05, 0) is 117 Å². The summed E-state index contributed by atoms with van der Waals surface area (Å²) in [5.74, 6) is 4.16. The molecular formula is C38H56N4O2. The SMILES string of the molecule is C=C(C)[C@@H]1CC[C@]2(C(=O)N3CCN(c4ncccn4)CC3)CC[C@]3(C)C(CC[C@@H]4[C@@]5(C)CCC(=O)C(C)(C)C5CC[C@]43C)[C@@H]12. The van der Waals surface area contributed by atoms with E-state index in [1.807, 2.05) is 6.07 Å². The number of anilines is 1. The van der Waals surface area contributed by atoms with E-state index in [4.69, 9.17) is 0 Å². The van der Waals surface area contributed by atoms with Crippen LogP contribution in [0.4, 0.5) is 5.95 Å². The van der Waals surface area contributed by atoms with Gasteiger partial charge in [0.2, 0.25) is 11.9 Å². The Bertz CT molecular complexity index is 1340. The first-order chi connectivity index (χ1) is 20.8. The van der Waals surface area contributed by atoms with Gasteiger partial charge in [0.05, 0.1) is 5.41 Å². The van der Waals surface area contributed by atoms with E-state index in [1.54, 1.807) is 12.4 Å². The van der Waals surface area contributed by atoms with Gasteiger partial charge in [0, 0.05) is 50.4 Å². The molecule has 0 spiro atoms. The van der Waals surface area contributed by atoms with Crippen molar-refractivity contribution in [3.63, 3.8) is 0 Å². The van der Waals surface area contributed by atoms with Crippen LogP contribution in [-0.2, 0) is 9.59 Å². The van der Waals surface area contributed by atoms with E-state index < -0.39 is 0 Å². The number of ketones is 1. The molecule has 6 fully saturated rings. The molecular weight excluding hydrogens is 544 g/mol. The number of nitrogens with zero attached hydrogens (tertiary/aromatic N) is 4. The van der Waals surface area contributed by atoms with Crippen LogP contribution in [0.2, 0.25) is 0 Å². The third kappa shape index (κ3) is 3.96. The molecule has 7 rings (SSSR count). The van der Waals surface area contributed by atoms with E-state index >= 15 is 0 Å². The Morgan fingerprint density at radius 3 is 2.23 bits per heavy atom. The molecule has 1 saturated heterocycles. The summed E-state index contributed by atoms with van der Waals surface area (Å²) < 4.78 is 0. The Labute approximate surface area is 265 Å². The molecule has 2 heterocycles. The number of carbonyl (C=O) groups excluding carboxylic acids is 2. The molecule has 1 amide bonds. The third-order valence-electron chi connectivity index (χ3n) is 15.6. The van der Waals surface area contributed by atoms with E-state index in [1.165, 1.54) is 31.3 Å². The lowest BCUT2D eigenvalue weighted by Gasteiger charge is -2.72. The predicted molar refractivity (Wildman–Crippen MR) is 175 cm³/mol.